The van der Waals surface area contributed by atoms with Crippen LogP contribution in [-0.2, 0) is 10.0 Å². The topological polar surface area (TPSA) is 37.4 Å². The van der Waals surface area contributed by atoms with Crippen LogP contribution in [0.25, 0.3) is 10.8 Å². The highest BCUT2D eigenvalue weighted by Gasteiger charge is 2.38. The monoisotopic (exact) mass is 399 g/mol. The Balaban J connectivity index is 1.73. The van der Waals surface area contributed by atoms with Crippen molar-refractivity contribution >= 4 is 26.5 Å². The molecular weight excluding hydrogens is 378 g/mol. The zero-order chi connectivity index (χ0) is 20.0. The maximum atomic E-state index is 13.5. The van der Waals surface area contributed by atoms with Crippen LogP contribution in [0.4, 0.5) is 5.69 Å². The lowest BCUT2D eigenvalue weighted by Crippen LogP contribution is -2.30. The van der Waals surface area contributed by atoms with E-state index in [4.69, 9.17) is 0 Å². The van der Waals surface area contributed by atoms with Crippen LogP contribution in [0.5, 0.6) is 0 Å². The van der Waals surface area contributed by atoms with Crippen molar-refractivity contribution in [2.75, 3.05) is 10.8 Å². The highest BCUT2D eigenvalue weighted by molar-refractivity contribution is 7.92. The Hall–Kier alpha value is -3.11. The van der Waals surface area contributed by atoms with Crippen LogP contribution in [0.15, 0.2) is 95.9 Å². The van der Waals surface area contributed by atoms with Gasteiger partial charge in [-0.15, -0.1) is 0 Å². The number of aryl methyl sites for hydroxylation is 1. The van der Waals surface area contributed by atoms with E-state index in [1.807, 2.05) is 61.5 Å². The third kappa shape index (κ3) is 2.91. The van der Waals surface area contributed by atoms with Crippen molar-refractivity contribution in [3.63, 3.8) is 0 Å². The van der Waals surface area contributed by atoms with Crippen LogP contribution >= 0.6 is 0 Å². The smallest absolute Gasteiger partial charge is 0.264 e. The van der Waals surface area contributed by atoms with Crippen molar-refractivity contribution in [2.45, 2.75) is 17.7 Å². The molecule has 3 nitrogen and oxygen atoms in total. The molecule has 1 aliphatic heterocycles. The predicted octanol–water partition coefficient (Wildman–Crippen LogP) is 5.49. The SMILES string of the molecule is Cc1ccc(S(=O)(=O)N2C[C@H](c3ccccc3)c3c2ccc2ccccc32)cc1. The van der Waals surface area contributed by atoms with Gasteiger partial charge in [-0.1, -0.05) is 78.4 Å². The summed E-state index contributed by atoms with van der Waals surface area (Å²) < 4.78 is 28.7. The van der Waals surface area contributed by atoms with Gasteiger partial charge in [0.2, 0.25) is 0 Å². The molecule has 0 bridgehead atoms. The second-order valence-electron chi connectivity index (χ2n) is 7.53. The summed E-state index contributed by atoms with van der Waals surface area (Å²) in [5, 5.41) is 2.24. The minimum absolute atomic E-state index is 0.00229. The van der Waals surface area contributed by atoms with Crippen molar-refractivity contribution in [1.29, 1.82) is 0 Å². The van der Waals surface area contributed by atoms with Crippen molar-refractivity contribution in [3.05, 3.63) is 108 Å². The first kappa shape index (κ1) is 18.0. The molecule has 4 aromatic carbocycles. The summed E-state index contributed by atoms with van der Waals surface area (Å²) in [6, 6.07) is 29.4. The van der Waals surface area contributed by atoms with Gasteiger partial charge in [0.25, 0.3) is 10.0 Å². The first-order chi connectivity index (χ1) is 14.1. The molecule has 0 saturated carbocycles. The largest absolute Gasteiger partial charge is 0.265 e. The summed E-state index contributed by atoms with van der Waals surface area (Å²) >= 11 is 0. The van der Waals surface area contributed by atoms with Gasteiger partial charge in [0.05, 0.1) is 10.6 Å². The Morgan fingerprint density at radius 2 is 1.48 bits per heavy atom. The second kappa shape index (κ2) is 6.75. The highest BCUT2D eigenvalue weighted by atomic mass is 32.2. The van der Waals surface area contributed by atoms with Gasteiger partial charge in [-0.3, -0.25) is 4.31 Å². The molecule has 0 N–H and O–H groups in total. The summed E-state index contributed by atoms with van der Waals surface area (Å²) in [7, 11) is -3.65. The summed E-state index contributed by atoms with van der Waals surface area (Å²) in [5.74, 6) is -0.00229. The molecule has 0 aliphatic carbocycles. The summed E-state index contributed by atoms with van der Waals surface area (Å²) in [5.41, 5.74) is 4.04. The first-order valence-electron chi connectivity index (χ1n) is 9.72. The number of hydrogen-bond acceptors (Lipinski definition) is 2. The number of nitrogens with zero attached hydrogens (tertiary/aromatic N) is 1. The minimum atomic E-state index is -3.65. The van der Waals surface area contributed by atoms with E-state index in [0.717, 1.165) is 33.2 Å². The minimum Gasteiger partial charge on any atom is -0.265 e. The molecule has 0 amide bonds. The molecule has 0 fully saturated rings. The summed E-state index contributed by atoms with van der Waals surface area (Å²) in [6.45, 7) is 2.36. The van der Waals surface area contributed by atoms with Gasteiger partial charge in [0.15, 0.2) is 0 Å². The lowest BCUT2D eigenvalue weighted by atomic mass is 9.89. The first-order valence-corrected chi connectivity index (χ1v) is 11.2. The Morgan fingerprint density at radius 1 is 0.793 bits per heavy atom. The Labute approximate surface area is 171 Å². The number of fused-ring (bicyclic) bond motifs is 3. The van der Waals surface area contributed by atoms with E-state index < -0.39 is 10.0 Å². The van der Waals surface area contributed by atoms with Crippen molar-refractivity contribution in [2.24, 2.45) is 0 Å². The van der Waals surface area contributed by atoms with Crippen LogP contribution in [0, 0.1) is 6.92 Å². The van der Waals surface area contributed by atoms with E-state index in [9.17, 15) is 8.42 Å². The van der Waals surface area contributed by atoms with Crippen molar-refractivity contribution < 1.29 is 8.42 Å². The number of anilines is 1. The molecule has 4 aromatic rings. The molecule has 0 radical (unpaired) electrons. The molecule has 29 heavy (non-hydrogen) atoms. The highest BCUT2D eigenvalue weighted by Crippen LogP contribution is 2.46. The predicted molar refractivity (Wildman–Crippen MR) is 118 cm³/mol. The lowest BCUT2D eigenvalue weighted by Gasteiger charge is -2.20. The molecule has 1 atom stereocenters. The number of sulfonamides is 1. The second-order valence-corrected chi connectivity index (χ2v) is 9.39. The van der Waals surface area contributed by atoms with E-state index in [2.05, 4.69) is 24.3 Å². The Morgan fingerprint density at radius 3 is 2.24 bits per heavy atom. The third-order valence-corrected chi connectivity index (χ3v) is 7.52. The van der Waals surface area contributed by atoms with Crippen LogP contribution < -0.4 is 4.31 Å². The van der Waals surface area contributed by atoms with Crippen LogP contribution in [-0.4, -0.2) is 15.0 Å². The van der Waals surface area contributed by atoms with E-state index in [1.165, 1.54) is 0 Å². The Kier molecular flexibility index (Phi) is 4.18. The van der Waals surface area contributed by atoms with Gasteiger partial charge in [0, 0.05) is 12.5 Å². The average Bonchev–Trinajstić information content (AvgIpc) is 3.16. The Bertz CT molecular complexity index is 1300. The average molecular weight is 400 g/mol. The fourth-order valence-corrected chi connectivity index (χ4v) is 5.74. The molecule has 144 valence electrons. The zero-order valence-corrected chi connectivity index (χ0v) is 16.9. The van der Waals surface area contributed by atoms with E-state index >= 15 is 0 Å². The zero-order valence-electron chi connectivity index (χ0n) is 16.1. The molecule has 0 spiro atoms. The van der Waals surface area contributed by atoms with E-state index in [1.54, 1.807) is 16.4 Å². The van der Waals surface area contributed by atoms with Gasteiger partial charge in [0.1, 0.15) is 0 Å². The maximum absolute atomic E-state index is 13.5. The molecule has 1 heterocycles. The van der Waals surface area contributed by atoms with Gasteiger partial charge < -0.3 is 0 Å². The van der Waals surface area contributed by atoms with Gasteiger partial charge >= 0.3 is 0 Å². The van der Waals surface area contributed by atoms with Crippen molar-refractivity contribution in [1.82, 2.24) is 0 Å². The van der Waals surface area contributed by atoms with Crippen LogP contribution in [0.3, 0.4) is 0 Å². The van der Waals surface area contributed by atoms with Gasteiger partial charge in [-0.05, 0) is 47.0 Å². The van der Waals surface area contributed by atoms with Crippen LogP contribution in [0.1, 0.15) is 22.6 Å². The number of benzene rings is 4. The lowest BCUT2D eigenvalue weighted by molar-refractivity contribution is 0.591. The third-order valence-electron chi connectivity index (χ3n) is 5.72. The van der Waals surface area contributed by atoms with Gasteiger partial charge in [-0.2, -0.15) is 0 Å². The molecule has 0 saturated heterocycles. The quantitative estimate of drug-likeness (QED) is 0.457. The molecule has 5 rings (SSSR count). The number of hydrogen-bond donors (Lipinski definition) is 0. The van der Waals surface area contributed by atoms with E-state index in [-0.39, 0.29) is 5.92 Å². The summed E-state index contributed by atoms with van der Waals surface area (Å²) in [6.07, 6.45) is 0. The normalized spacial score (nSPS) is 16.2. The standard InChI is InChI=1S/C25H21NO2S/c1-18-11-14-21(15-12-18)29(27,28)26-17-23(19-7-3-2-4-8-19)25-22-10-6-5-9-20(22)13-16-24(25)26/h2-16,23H,17H2,1H3/t23-/m1/s1. The molecule has 1 aliphatic rings. The van der Waals surface area contributed by atoms with Crippen LogP contribution in [0.2, 0.25) is 0 Å². The molecule has 0 unspecified atom stereocenters. The number of rotatable bonds is 3. The fourth-order valence-electron chi connectivity index (χ4n) is 4.25. The fraction of sp³-hybridized carbons (Fsp3) is 0.120. The maximum Gasteiger partial charge on any atom is 0.264 e. The molecule has 4 heteroatoms. The summed E-state index contributed by atoms with van der Waals surface area (Å²) in [4.78, 5) is 0.330. The van der Waals surface area contributed by atoms with Gasteiger partial charge in [-0.25, -0.2) is 8.42 Å². The molecular formula is C25H21NO2S. The molecule has 0 aromatic heterocycles. The van der Waals surface area contributed by atoms with E-state index in [0.29, 0.717) is 11.4 Å². The van der Waals surface area contributed by atoms with Crippen molar-refractivity contribution in [3.8, 4) is 0 Å².